The second-order valence-electron chi connectivity index (χ2n) is 6.69. The molecule has 0 fully saturated rings. The first-order valence-corrected chi connectivity index (χ1v) is 7.57. The lowest BCUT2D eigenvalue weighted by molar-refractivity contribution is 0.585. The molecule has 24 heavy (non-hydrogen) atoms. The molecule has 1 heterocycles. The van der Waals surface area contributed by atoms with Gasteiger partial charge in [-0.1, -0.05) is 12.1 Å². The highest BCUT2D eigenvalue weighted by molar-refractivity contribution is 5.95. The summed E-state index contributed by atoms with van der Waals surface area (Å²) in [7, 11) is 0. The van der Waals surface area contributed by atoms with Crippen molar-refractivity contribution in [1.29, 1.82) is 0 Å². The van der Waals surface area contributed by atoms with Gasteiger partial charge in [0.05, 0.1) is 5.69 Å². The maximum Gasteiger partial charge on any atom is 0.135 e. The molecule has 3 aromatic rings. The lowest BCUT2D eigenvalue weighted by Gasteiger charge is -2.23. The van der Waals surface area contributed by atoms with E-state index in [4.69, 9.17) is 0 Å². The average molecular weight is 330 g/mol. The Morgan fingerprint density at radius 3 is 2.29 bits per heavy atom. The van der Waals surface area contributed by atoms with Gasteiger partial charge in [-0.25, -0.2) is 18.2 Å². The number of anilines is 1. The number of rotatable bonds is 2. The van der Waals surface area contributed by atoms with Crippen LogP contribution in [0, 0.1) is 17.5 Å². The van der Waals surface area contributed by atoms with Crippen molar-refractivity contribution in [2.75, 3.05) is 5.32 Å². The van der Waals surface area contributed by atoms with Crippen LogP contribution in [0.3, 0.4) is 0 Å². The van der Waals surface area contributed by atoms with Gasteiger partial charge in [0, 0.05) is 27.9 Å². The normalized spacial score (nSPS) is 11.8. The average Bonchev–Trinajstić information content (AvgIpc) is 2.46. The zero-order valence-electron chi connectivity index (χ0n) is 13.6. The van der Waals surface area contributed by atoms with E-state index >= 15 is 0 Å². The molecular formula is C19H17F3N2. The van der Waals surface area contributed by atoms with Crippen LogP contribution in [-0.2, 0) is 0 Å². The van der Waals surface area contributed by atoms with Crippen LogP contribution in [0.25, 0.3) is 22.0 Å². The molecule has 2 aromatic carbocycles. The Hall–Kier alpha value is -2.56. The van der Waals surface area contributed by atoms with Gasteiger partial charge in [-0.05, 0) is 45.0 Å². The van der Waals surface area contributed by atoms with E-state index in [9.17, 15) is 13.2 Å². The topological polar surface area (TPSA) is 24.9 Å². The summed E-state index contributed by atoms with van der Waals surface area (Å²) in [6.07, 6.45) is 0. The van der Waals surface area contributed by atoms with Gasteiger partial charge in [0.2, 0.25) is 0 Å². The molecule has 0 atom stereocenters. The Bertz CT molecular complexity index is 914. The summed E-state index contributed by atoms with van der Waals surface area (Å²) in [5.41, 5.74) is 0.0574. The molecule has 0 amide bonds. The second-order valence-corrected chi connectivity index (χ2v) is 6.69. The van der Waals surface area contributed by atoms with Crippen LogP contribution in [0.2, 0.25) is 0 Å². The molecule has 2 nitrogen and oxygen atoms in total. The van der Waals surface area contributed by atoms with E-state index in [0.717, 1.165) is 12.1 Å². The van der Waals surface area contributed by atoms with Crippen LogP contribution >= 0.6 is 0 Å². The standard InChI is InChI=1S/C19H17F3N2/c1-19(2,3)24-18-12-5-4-6-15(21)14(12)10-17(23-18)13-8-7-11(20)9-16(13)22/h4-10H,1-3H3,(H,23,24). The number of nitrogens with zero attached hydrogens (tertiary/aromatic N) is 1. The van der Waals surface area contributed by atoms with Crippen molar-refractivity contribution >= 4 is 16.6 Å². The van der Waals surface area contributed by atoms with E-state index in [1.165, 1.54) is 18.2 Å². The van der Waals surface area contributed by atoms with E-state index in [1.54, 1.807) is 12.1 Å². The number of pyridine rings is 1. The van der Waals surface area contributed by atoms with Gasteiger partial charge in [-0.15, -0.1) is 0 Å². The van der Waals surface area contributed by atoms with E-state index in [1.807, 2.05) is 20.8 Å². The number of halogens is 3. The highest BCUT2D eigenvalue weighted by Crippen LogP contribution is 2.32. The smallest absolute Gasteiger partial charge is 0.135 e. The number of nitrogens with one attached hydrogen (secondary N) is 1. The molecule has 1 aromatic heterocycles. The monoisotopic (exact) mass is 330 g/mol. The van der Waals surface area contributed by atoms with Crippen molar-refractivity contribution in [3.63, 3.8) is 0 Å². The third-order valence-corrected chi connectivity index (χ3v) is 3.52. The minimum absolute atomic E-state index is 0.124. The van der Waals surface area contributed by atoms with Crippen LogP contribution < -0.4 is 5.32 Å². The van der Waals surface area contributed by atoms with Crippen molar-refractivity contribution < 1.29 is 13.2 Å². The van der Waals surface area contributed by atoms with Gasteiger partial charge < -0.3 is 5.32 Å². The van der Waals surface area contributed by atoms with Gasteiger partial charge in [-0.2, -0.15) is 0 Å². The molecule has 0 aliphatic rings. The van der Waals surface area contributed by atoms with Crippen LogP contribution in [0.5, 0.6) is 0 Å². The molecule has 0 saturated carbocycles. The Labute approximate surface area is 138 Å². The molecule has 0 saturated heterocycles. The van der Waals surface area contributed by atoms with E-state index < -0.39 is 17.5 Å². The molecular weight excluding hydrogens is 313 g/mol. The fourth-order valence-electron chi connectivity index (χ4n) is 2.53. The molecule has 3 rings (SSSR count). The van der Waals surface area contributed by atoms with Gasteiger partial charge in [0.15, 0.2) is 0 Å². The SMILES string of the molecule is CC(C)(C)Nc1nc(-c2ccc(F)cc2F)cc2c(F)cccc12. The lowest BCUT2D eigenvalue weighted by atomic mass is 10.0. The van der Waals surface area contributed by atoms with Gasteiger partial charge >= 0.3 is 0 Å². The molecule has 124 valence electrons. The molecule has 0 bridgehead atoms. The number of hydrogen-bond acceptors (Lipinski definition) is 2. The molecule has 1 N–H and O–H groups in total. The Balaban J connectivity index is 2.27. The van der Waals surface area contributed by atoms with E-state index in [-0.39, 0.29) is 16.8 Å². The maximum atomic E-state index is 14.3. The Morgan fingerprint density at radius 2 is 1.62 bits per heavy atom. The van der Waals surface area contributed by atoms with Crippen molar-refractivity contribution in [2.45, 2.75) is 26.3 Å². The summed E-state index contributed by atoms with van der Waals surface area (Å²) >= 11 is 0. The molecule has 5 heteroatoms. The summed E-state index contributed by atoms with van der Waals surface area (Å²) in [5.74, 6) is -1.37. The fraction of sp³-hybridized carbons (Fsp3) is 0.211. The summed E-state index contributed by atoms with van der Waals surface area (Å²) < 4.78 is 41.5. The van der Waals surface area contributed by atoms with Gasteiger partial charge in [-0.3, -0.25) is 0 Å². The molecule has 0 spiro atoms. The summed E-state index contributed by atoms with van der Waals surface area (Å²) in [4.78, 5) is 4.45. The third kappa shape index (κ3) is 3.20. The highest BCUT2D eigenvalue weighted by atomic mass is 19.1. The quantitative estimate of drug-likeness (QED) is 0.668. The lowest BCUT2D eigenvalue weighted by Crippen LogP contribution is -2.27. The van der Waals surface area contributed by atoms with Crippen molar-refractivity contribution in [2.24, 2.45) is 0 Å². The zero-order chi connectivity index (χ0) is 17.5. The predicted octanol–water partition coefficient (Wildman–Crippen LogP) is 5.53. The van der Waals surface area contributed by atoms with Gasteiger partial charge in [0.25, 0.3) is 0 Å². The molecule has 0 aliphatic heterocycles. The first-order chi connectivity index (χ1) is 11.2. The largest absolute Gasteiger partial charge is 0.365 e. The minimum Gasteiger partial charge on any atom is -0.365 e. The van der Waals surface area contributed by atoms with Crippen LogP contribution in [0.1, 0.15) is 20.8 Å². The number of hydrogen-bond donors (Lipinski definition) is 1. The first-order valence-electron chi connectivity index (χ1n) is 7.57. The van der Waals surface area contributed by atoms with Crippen LogP contribution in [0.4, 0.5) is 19.0 Å². The Morgan fingerprint density at radius 1 is 0.875 bits per heavy atom. The van der Waals surface area contributed by atoms with E-state index in [2.05, 4.69) is 10.3 Å². The predicted molar refractivity (Wildman–Crippen MR) is 90.4 cm³/mol. The van der Waals surface area contributed by atoms with Crippen molar-refractivity contribution in [3.05, 3.63) is 59.9 Å². The summed E-state index contributed by atoms with van der Waals surface area (Å²) in [6, 6.07) is 9.43. The van der Waals surface area contributed by atoms with Crippen LogP contribution in [-0.4, -0.2) is 10.5 Å². The first kappa shape index (κ1) is 16.3. The number of aromatic nitrogens is 1. The summed E-state index contributed by atoms with van der Waals surface area (Å²) in [6.45, 7) is 5.85. The molecule has 0 aliphatic carbocycles. The van der Waals surface area contributed by atoms with Gasteiger partial charge in [0.1, 0.15) is 23.3 Å². The number of fused-ring (bicyclic) bond motifs is 1. The molecule has 0 radical (unpaired) electrons. The summed E-state index contributed by atoms with van der Waals surface area (Å²) in [5, 5.41) is 4.16. The maximum absolute atomic E-state index is 14.3. The zero-order valence-corrected chi connectivity index (χ0v) is 13.6. The second kappa shape index (κ2) is 5.82. The highest BCUT2D eigenvalue weighted by Gasteiger charge is 2.17. The minimum atomic E-state index is -0.736. The van der Waals surface area contributed by atoms with Crippen molar-refractivity contribution in [1.82, 2.24) is 4.98 Å². The van der Waals surface area contributed by atoms with Crippen molar-refractivity contribution in [3.8, 4) is 11.3 Å². The molecule has 0 unspecified atom stereocenters. The fourth-order valence-corrected chi connectivity index (χ4v) is 2.53. The third-order valence-electron chi connectivity index (χ3n) is 3.52. The Kier molecular flexibility index (Phi) is 3.95. The van der Waals surface area contributed by atoms with Crippen LogP contribution in [0.15, 0.2) is 42.5 Å². The number of benzene rings is 2. The van der Waals surface area contributed by atoms with E-state index in [0.29, 0.717) is 16.6 Å².